The maximum atomic E-state index is 13.9. The second-order valence-electron chi connectivity index (χ2n) is 10.6. The number of benzene rings is 1. The third-order valence-corrected chi connectivity index (χ3v) is 7.98. The summed E-state index contributed by atoms with van der Waals surface area (Å²) in [5.41, 5.74) is 3.29. The standard InChI is InChI=1S/C28H28N4O8/c1-11(33)31-18-7-4-12(10-30-18)14-5-6-17(34)20-15(14)8-13-9-16-22(32(2)3)24(36)21(27(29)39)26(38)28(16,40)25(37)19(13)23(20)35/h4-7,10,13,16,22,34-35,38,40H,8-9H2,1-3H3,(H2,29,39)(H,30,31,33)/t13-,16-,22-,28-/m0/s1. The molecule has 1 aromatic heterocycles. The number of nitrogens with two attached hydrogens (primary N) is 1. The van der Waals surface area contributed by atoms with Crippen molar-refractivity contribution < 1.29 is 39.6 Å². The van der Waals surface area contributed by atoms with Gasteiger partial charge in [-0.3, -0.25) is 24.1 Å². The molecule has 1 fully saturated rings. The number of aromatic nitrogens is 1. The van der Waals surface area contributed by atoms with E-state index in [1.54, 1.807) is 32.3 Å². The minimum absolute atomic E-state index is 0.0133. The molecule has 2 amide bonds. The fourth-order valence-electron chi connectivity index (χ4n) is 6.32. The van der Waals surface area contributed by atoms with Crippen LogP contribution in [0.15, 0.2) is 47.4 Å². The molecule has 1 saturated carbocycles. The number of carbonyl (C=O) groups is 4. The molecule has 0 saturated heterocycles. The number of Topliss-reactive ketones (excluding diaryl/α,β-unsaturated/α-hetero) is 2. The first kappa shape index (κ1) is 27.0. The van der Waals surface area contributed by atoms with Gasteiger partial charge in [0, 0.05) is 30.2 Å². The number of hydrogen-bond donors (Lipinski definition) is 6. The molecule has 0 bridgehead atoms. The Bertz CT molecular complexity index is 1560. The van der Waals surface area contributed by atoms with Crippen molar-refractivity contribution in [2.45, 2.75) is 31.4 Å². The quantitative estimate of drug-likeness (QED) is 0.299. The van der Waals surface area contributed by atoms with Crippen LogP contribution in [-0.2, 0) is 25.6 Å². The van der Waals surface area contributed by atoms with E-state index in [9.17, 15) is 39.6 Å². The van der Waals surface area contributed by atoms with Gasteiger partial charge >= 0.3 is 0 Å². The molecule has 5 rings (SSSR count). The molecule has 1 heterocycles. The number of anilines is 1. The van der Waals surface area contributed by atoms with E-state index < -0.39 is 58.0 Å². The van der Waals surface area contributed by atoms with Gasteiger partial charge in [-0.05, 0) is 62.2 Å². The van der Waals surface area contributed by atoms with Gasteiger partial charge in [0.1, 0.15) is 28.7 Å². The van der Waals surface area contributed by atoms with Crippen molar-refractivity contribution in [1.29, 1.82) is 0 Å². The number of nitrogens with one attached hydrogen (secondary N) is 1. The molecule has 40 heavy (non-hydrogen) atoms. The number of carbonyl (C=O) groups excluding carboxylic acids is 4. The molecule has 0 spiro atoms. The minimum atomic E-state index is -2.69. The number of rotatable bonds is 4. The smallest absolute Gasteiger partial charge is 0.255 e. The molecule has 2 aromatic rings. The predicted octanol–water partition coefficient (Wildman–Crippen LogP) is 0.984. The molecule has 0 unspecified atom stereocenters. The first-order chi connectivity index (χ1) is 18.8. The summed E-state index contributed by atoms with van der Waals surface area (Å²) < 4.78 is 0. The van der Waals surface area contributed by atoms with E-state index in [0.717, 1.165) is 0 Å². The van der Waals surface area contributed by atoms with E-state index in [1.165, 1.54) is 24.1 Å². The maximum Gasteiger partial charge on any atom is 0.255 e. The number of primary amides is 1. The van der Waals surface area contributed by atoms with Gasteiger partial charge in [-0.2, -0.15) is 0 Å². The third kappa shape index (κ3) is 3.79. The van der Waals surface area contributed by atoms with Crippen molar-refractivity contribution in [3.8, 4) is 16.9 Å². The van der Waals surface area contributed by atoms with E-state index in [-0.39, 0.29) is 35.6 Å². The predicted molar refractivity (Wildman–Crippen MR) is 142 cm³/mol. The Morgan fingerprint density at radius 1 is 1.12 bits per heavy atom. The fourth-order valence-corrected chi connectivity index (χ4v) is 6.32. The highest BCUT2D eigenvalue weighted by molar-refractivity contribution is 6.24. The molecular formula is C28H28N4O8. The maximum absolute atomic E-state index is 13.9. The number of aliphatic hydroxyl groups is 3. The van der Waals surface area contributed by atoms with E-state index >= 15 is 0 Å². The lowest BCUT2D eigenvalue weighted by atomic mass is 9.57. The van der Waals surface area contributed by atoms with Crippen LogP contribution in [0.3, 0.4) is 0 Å². The average Bonchev–Trinajstić information content (AvgIpc) is 2.86. The number of aromatic hydroxyl groups is 1. The molecule has 3 aliphatic carbocycles. The SMILES string of the molecule is CC(=O)Nc1ccc(-c2ccc(O)c3c2C[C@H]2C[C@H]4[C@H](N(C)C)C(=O)C(C(N)=O)=C(O)[C@@]4(O)C(=O)C2=C3O)cn1. The van der Waals surface area contributed by atoms with Crippen LogP contribution in [0.2, 0.25) is 0 Å². The van der Waals surface area contributed by atoms with Crippen LogP contribution in [0, 0.1) is 11.8 Å². The van der Waals surface area contributed by atoms with E-state index in [1.807, 2.05) is 0 Å². The minimum Gasteiger partial charge on any atom is -0.508 e. The van der Waals surface area contributed by atoms with Gasteiger partial charge in [0.15, 0.2) is 11.4 Å². The number of ketones is 2. The number of likely N-dealkylation sites (N-methyl/N-ethyl adjacent to an activating group) is 1. The van der Waals surface area contributed by atoms with Crippen LogP contribution in [0.25, 0.3) is 16.9 Å². The number of nitrogens with zero attached hydrogens (tertiary/aromatic N) is 2. The normalized spacial score (nSPS) is 25.9. The zero-order valence-corrected chi connectivity index (χ0v) is 21.9. The number of amides is 2. The van der Waals surface area contributed by atoms with Gasteiger partial charge in [0.2, 0.25) is 11.7 Å². The summed E-state index contributed by atoms with van der Waals surface area (Å²) in [7, 11) is 3.09. The summed E-state index contributed by atoms with van der Waals surface area (Å²) in [5.74, 6) is -6.99. The third-order valence-electron chi connectivity index (χ3n) is 7.98. The van der Waals surface area contributed by atoms with Crippen LogP contribution in [0.4, 0.5) is 5.82 Å². The lowest BCUT2D eigenvalue weighted by Gasteiger charge is -2.50. The van der Waals surface area contributed by atoms with Gasteiger partial charge in [-0.1, -0.05) is 6.07 Å². The van der Waals surface area contributed by atoms with Crippen LogP contribution in [0.5, 0.6) is 5.75 Å². The Balaban J connectivity index is 1.68. The molecule has 208 valence electrons. The van der Waals surface area contributed by atoms with Crippen molar-refractivity contribution in [3.05, 3.63) is 58.5 Å². The van der Waals surface area contributed by atoms with E-state index in [0.29, 0.717) is 22.5 Å². The van der Waals surface area contributed by atoms with Crippen molar-refractivity contribution in [2.24, 2.45) is 17.6 Å². The summed E-state index contributed by atoms with van der Waals surface area (Å²) in [6, 6.07) is 5.14. The highest BCUT2D eigenvalue weighted by atomic mass is 16.3. The van der Waals surface area contributed by atoms with Crippen molar-refractivity contribution in [2.75, 3.05) is 19.4 Å². The van der Waals surface area contributed by atoms with E-state index in [2.05, 4.69) is 10.3 Å². The van der Waals surface area contributed by atoms with Crippen molar-refractivity contribution >= 4 is 35.0 Å². The zero-order valence-electron chi connectivity index (χ0n) is 21.9. The van der Waals surface area contributed by atoms with E-state index in [4.69, 9.17) is 5.73 Å². The number of hydrogen-bond acceptors (Lipinski definition) is 10. The van der Waals surface area contributed by atoms with Gasteiger partial charge in [-0.25, -0.2) is 4.98 Å². The summed E-state index contributed by atoms with van der Waals surface area (Å²) in [5, 5.41) is 47.3. The second-order valence-corrected chi connectivity index (χ2v) is 10.6. The molecular weight excluding hydrogens is 520 g/mol. The molecule has 0 radical (unpaired) electrons. The second kappa shape index (κ2) is 9.28. The van der Waals surface area contributed by atoms with Gasteiger partial charge in [0.25, 0.3) is 5.91 Å². The van der Waals surface area contributed by atoms with Crippen LogP contribution < -0.4 is 11.1 Å². The first-order valence-corrected chi connectivity index (χ1v) is 12.5. The number of pyridine rings is 1. The Morgan fingerprint density at radius 3 is 2.40 bits per heavy atom. The molecule has 3 aliphatic rings. The number of fused-ring (bicyclic) bond motifs is 3. The molecule has 7 N–H and O–H groups in total. The average molecular weight is 549 g/mol. The Morgan fingerprint density at radius 2 is 1.82 bits per heavy atom. The Hall–Kier alpha value is -4.55. The van der Waals surface area contributed by atoms with Gasteiger partial charge < -0.3 is 31.5 Å². The molecule has 12 nitrogen and oxygen atoms in total. The summed E-state index contributed by atoms with van der Waals surface area (Å²) in [4.78, 5) is 56.3. The summed E-state index contributed by atoms with van der Waals surface area (Å²) in [6.45, 7) is 1.36. The molecule has 4 atom stereocenters. The lowest BCUT2D eigenvalue weighted by molar-refractivity contribution is -0.153. The number of phenolic OH excluding ortho intramolecular Hbond substituents is 1. The van der Waals surface area contributed by atoms with Crippen molar-refractivity contribution in [3.63, 3.8) is 0 Å². The Kier molecular flexibility index (Phi) is 6.27. The fraction of sp³-hybridized carbons (Fsp3) is 0.321. The summed E-state index contributed by atoms with van der Waals surface area (Å²) in [6.07, 6.45) is 1.65. The topological polar surface area (TPSA) is 203 Å². The largest absolute Gasteiger partial charge is 0.508 e. The highest BCUT2D eigenvalue weighted by Gasteiger charge is 2.64. The Labute approximate surface area is 228 Å². The highest BCUT2D eigenvalue weighted by Crippen LogP contribution is 2.53. The molecule has 12 heteroatoms. The molecule has 1 aromatic carbocycles. The molecule has 0 aliphatic heterocycles. The lowest BCUT2D eigenvalue weighted by Crippen LogP contribution is -2.65. The number of aliphatic hydroxyl groups excluding tert-OH is 2. The zero-order chi connectivity index (χ0) is 29.3. The first-order valence-electron chi connectivity index (χ1n) is 12.5. The number of phenols is 1. The summed E-state index contributed by atoms with van der Waals surface area (Å²) >= 11 is 0. The van der Waals surface area contributed by atoms with Crippen LogP contribution in [-0.4, -0.2) is 79.4 Å². The van der Waals surface area contributed by atoms with Crippen LogP contribution in [0.1, 0.15) is 24.5 Å². The van der Waals surface area contributed by atoms with Gasteiger partial charge in [0.05, 0.1) is 11.6 Å². The monoisotopic (exact) mass is 548 g/mol. The van der Waals surface area contributed by atoms with Crippen molar-refractivity contribution in [1.82, 2.24) is 9.88 Å². The van der Waals surface area contributed by atoms with Crippen LogP contribution >= 0.6 is 0 Å². The van der Waals surface area contributed by atoms with Gasteiger partial charge in [-0.15, -0.1) is 0 Å².